The maximum atomic E-state index is 12.3. The van der Waals surface area contributed by atoms with Gasteiger partial charge in [0.1, 0.15) is 5.78 Å². The number of rotatable bonds is 3. The van der Waals surface area contributed by atoms with Crippen LogP contribution in [0.15, 0.2) is 35.5 Å². The molecule has 23 heavy (non-hydrogen) atoms. The highest BCUT2D eigenvalue weighted by Gasteiger charge is 2.59. The first kappa shape index (κ1) is 14.5. The molecule has 1 aromatic rings. The van der Waals surface area contributed by atoms with Crippen molar-refractivity contribution in [3.8, 4) is 0 Å². The van der Waals surface area contributed by atoms with E-state index in [-0.39, 0.29) is 23.2 Å². The normalized spacial score (nSPS) is 30.5. The number of ether oxygens (including phenoxy) is 1. The number of hydrogen-bond donors (Lipinski definition) is 1. The van der Waals surface area contributed by atoms with Gasteiger partial charge in [0.15, 0.2) is 0 Å². The number of nitrogens with zero attached hydrogens (tertiary/aromatic N) is 1. The van der Waals surface area contributed by atoms with E-state index in [9.17, 15) is 9.59 Å². The predicted octanol–water partition coefficient (Wildman–Crippen LogP) is 1.84. The fraction of sp³-hybridized carbons (Fsp3) is 0.444. The number of Topliss-reactive ketones (excluding diaryl/α,β-unsaturated/α-hetero) is 1. The van der Waals surface area contributed by atoms with Crippen molar-refractivity contribution in [1.29, 1.82) is 0 Å². The Morgan fingerprint density at radius 3 is 2.91 bits per heavy atom. The SMILES string of the molecule is COC(=O)C1=C2Nc3ccccc3C23CCN(C1)C3CC(C)=O. The highest BCUT2D eigenvalue weighted by Crippen LogP contribution is 2.56. The number of carbonyl (C=O) groups excluding carboxylic acids is 2. The first-order valence-corrected chi connectivity index (χ1v) is 8.00. The second-order valence-corrected chi connectivity index (χ2v) is 6.63. The van der Waals surface area contributed by atoms with Gasteiger partial charge in [0.25, 0.3) is 0 Å². The molecule has 0 saturated carbocycles. The standard InChI is InChI=1S/C18H20N2O3/c1-11(21)9-15-18-7-8-20(15)10-12(17(22)23-2)16(18)19-14-6-4-3-5-13(14)18/h3-6,15,19H,7-10H2,1-2H3. The van der Waals surface area contributed by atoms with Crippen LogP contribution in [0.3, 0.4) is 0 Å². The molecule has 1 saturated heterocycles. The summed E-state index contributed by atoms with van der Waals surface area (Å²) < 4.78 is 5.00. The number of fused-ring (bicyclic) bond motifs is 2. The second-order valence-electron chi connectivity index (χ2n) is 6.63. The zero-order valence-electron chi connectivity index (χ0n) is 13.4. The molecule has 0 aliphatic carbocycles. The number of benzene rings is 1. The third-order valence-electron chi connectivity index (χ3n) is 5.49. The molecule has 1 aromatic carbocycles. The monoisotopic (exact) mass is 312 g/mol. The number of para-hydroxylation sites is 1. The summed E-state index contributed by atoms with van der Waals surface area (Å²) in [5.41, 5.74) is 3.60. The molecular formula is C18H20N2O3. The van der Waals surface area contributed by atoms with Gasteiger partial charge in [-0.2, -0.15) is 0 Å². The van der Waals surface area contributed by atoms with E-state index in [2.05, 4.69) is 16.3 Å². The van der Waals surface area contributed by atoms with E-state index >= 15 is 0 Å². The number of anilines is 1. The summed E-state index contributed by atoms with van der Waals surface area (Å²) in [6, 6.07) is 8.28. The first-order chi connectivity index (χ1) is 11.1. The minimum atomic E-state index is -0.288. The molecular weight excluding hydrogens is 292 g/mol. The van der Waals surface area contributed by atoms with Crippen molar-refractivity contribution in [2.45, 2.75) is 31.2 Å². The molecule has 3 heterocycles. The third-order valence-corrected chi connectivity index (χ3v) is 5.49. The summed E-state index contributed by atoms with van der Waals surface area (Å²) in [7, 11) is 1.42. The maximum absolute atomic E-state index is 12.3. The number of carbonyl (C=O) groups is 2. The Kier molecular flexibility index (Phi) is 3.10. The van der Waals surface area contributed by atoms with Gasteiger partial charge in [-0.1, -0.05) is 18.2 Å². The van der Waals surface area contributed by atoms with Crippen LogP contribution >= 0.6 is 0 Å². The minimum Gasteiger partial charge on any atom is -0.466 e. The summed E-state index contributed by atoms with van der Waals surface area (Å²) in [4.78, 5) is 26.4. The van der Waals surface area contributed by atoms with Crippen molar-refractivity contribution in [2.75, 3.05) is 25.5 Å². The molecule has 3 unspecified atom stereocenters. The van der Waals surface area contributed by atoms with Crippen LogP contribution in [0.2, 0.25) is 0 Å². The third kappa shape index (κ3) is 1.83. The highest BCUT2D eigenvalue weighted by atomic mass is 16.5. The lowest BCUT2D eigenvalue weighted by Crippen LogP contribution is -2.50. The second kappa shape index (κ2) is 4.93. The topological polar surface area (TPSA) is 58.6 Å². The maximum Gasteiger partial charge on any atom is 0.336 e. The summed E-state index contributed by atoms with van der Waals surface area (Å²) in [5, 5.41) is 3.46. The minimum absolute atomic E-state index is 0.111. The Morgan fingerprint density at radius 2 is 2.17 bits per heavy atom. The van der Waals surface area contributed by atoms with E-state index in [0.717, 1.165) is 24.4 Å². The summed E-state index contributed by atoms with van der Waals surface area (Å²) >= 11 is 0. The molecule has 5 heteroatoms. The molecule has 3 aliphatic heterocycles. The van der Waals surface area contributed by atoms with Crippen molar-refractivity contribution in [1.82, 2.24) is 4.90 Å². The zero-order valence-corrected chi connectivity index (χ0v) is 13.4. The number of esters is 1. The summed E-state index contributed by atoms with van der Waals surface area (Å²) in [6.07, 6.45) is 1.43. The first-order valence-electron chi connectivity index (χ1n) is 8.00. The molecule has 2 bridgehead atoms. The smallest absolute Gasteiger partial charge is 0.336 e. The van der Waals surface area contributed by atoms with E-state index in [1.165, 1.54) is 12.7 Å². The van der Waals surface area contributed by atoms with Gasteiger partial charge in [-0.3, -0.25) is 9.69 Å². The Hall–Kier alpha value is -2.14. The Balaban J connectivity index is 1.94. The molecule has 3 atom stereocenters. The molecule has 5 nitrogen and oxygen atoms in total. The van der Waals surface area contributed by atoms with Gasteiger partial charge >= 0.3 is 5.97 Å². The van der Waals surface area contributed by atoms with Crippen LogP contribution in [0.25, 0.3) is 0 Å². The molecule has 1 fully saturated rings. The highest BCUT2D eigenvalue weighted by molar-refractivity contribution is 5.93. The molecule has 120 valence electrons. The van der Waals surface area contributed by atoms with Gasteiger partial charge in [0, 0.05) is 36.9 Å². The van der Waals surface area contributed by atoms with Crippen molar-refractivity contribution < 1.29 is 14.3 Å². The van der Waals surface area contributed by atoms with Crippen LogP contribution in [0, 0.1) is 0 Å². The molecule has 1 N–H and O–H groups in total. The molecule has 3 aliphatic rings. The Morgan fingerprint density at radius 1 is 1.39 bits per heavy atom. The van der Waals surface area contributed by atoms with Gasteiger partial charge in [0.2, 0.25) is 0 Å². The van der Waals surface area contributed by atoms with Gasteiger partial charge in [0.05, 0.1) is 18.1 Å². The summed E-state index contributed by atoms with van der Waals surface area (Å²) in [6.45, 7) is 3.07. The number of nitrogens with one attached hydrogen (secondary N) is 1. The molecule has 1 spiro atoms. The fourth-order valence-corrected chi connectivity index (χ4v) is 4.60. The number of ketones is 1. The van der Waals surface area contributed by atoms with E-state index in [0.29, 0.717) is 18.5 Å². The zero-order chi connectivity index (χ0) is 16.2. The van der Waals surface area contributed by atoms with E-state index in [1.807, 2.05) is 18.2 Å². The van der Waals surface area contributed by atoms with Crippen LogP contribution < -0.4 is 5.32 Å². The van der Waals surface area contributed by atoms with Gasteiger partial charge in [-0.05, 0) is 25.0 Å². The van der Waals surface area contributed by atoms with Gasteiger partial charge in [-0.25, -0.2) is 4.79 Å². The average Bonchev–Trinajstić information content (AvgIpc) is 3.00. The lowest BCUT2D eigenvalue weighted by molar-refractivity contribution is -0.136. The predicted molar refractivity (Wildman–Crippen MR) is 86.1 cm³/mol. The van der Waals surface area contributed by atoms with E-state index < -0.39 is 0 Å². The van der Waals surface area contributed by atoms with Crippen LogP contribution in [-0.2, 0) is 19.7 Å². The average molecular weight is 312 g/mol. The van der Waals surface area contributed by atoms with E-state index in [1.54, 1.807) is 6.92 Å². The van der Waals surface area contributed by atoms with E-state index in [4.69, 9.17) is 4.74 Å². The Labute approximate surface area is 135 Å². The molecule has 0 amide bonds. The van der Waals surface area contributed by atoms with Crippen LogP contribution in [0.1, 0.15) is 25.3 Å². The quantitative estimate of drug-likeness (QED) is 0.863. The molecule has 4 rings (SSSR count). The van der Waals surface area contributed by atoms with Crippen LogP contribution in [0.5, 0.6) is 0 Å². The van der Waals surface area contributed by atoms with Crippen molar-refractivity contribution in [3.63, 3.8) is 0 Å². The lowest BCUT2D eigenvalue weighted by Gasteiger charge is -2.41. The number of methoxy groups -OCH3 is 1. The summed E-state index contributed by atoms with van der Waals surface area (Å²) in [5.74, 6) is -0.0932. The van der Waals surface area contributed by atoms with Crippen molar-refractivity contribution in [2.24, 2.45) is 0 Å². The van der Waals surface area contributed by atoms with Gasteiger partial charge < -0.3 is 10.1 Å². The number of hydrogen-bond acceptors (Lipinski definition) is 5. The molecule has 0 aromatic heterocycles. The largest absolute Gasteiger partial charge is 0.466 e. The van der Waals surface area contributed by atoms with Gasteiger partial charge in [-0.15, -0.1) is 0 Å². The Bertz CT molecular complexity index is 740. The van der Waals surface area contributed by atoms with Crippen molar-refractivity contribution in [3.05, 3.63) is 41.1 Å². The van der Waals surface area contributed by atoms with Crippen LogP contribution in [0.4, 0.5) is 5.69 Å². The fourth-order valence-electron chi connectivity index (χ4n) is 4.60. The van der Waals surface area contributed by atoms with Crippen molar-refractivity contribution >= 4 is 17.4 Å². The lowest BCUT2D eigenvalue weighted by atomic mass is 9.69. The van der Waals surface area contributed by atoms with Crippen LogP contribution in [-0.4, -0.2) is 42.9 Å². The molecule has 0 radical (unpaired) electrons.